The van der Waals surface area contributed by atoms with Crippen molar-refractivity contribution in [2.45, 2.75) is 0 Å². The van der Waals surface area contributed by atoms with Gasteiger partial charge in [0.2, 0.25) is 0 Å². The van der Waals surface area contributed by atoms with E-state index in [0.717, 1.165) is 0 Å². The Kier molecular flexibility index (Phi) is 4.94. The second-order valence-electron chi connectivity index (χ2n) is 3.39. The van der Waals surface area contributed by atoms with Gasteiger partial charge in [0.15, 0.2) is 0 Å². The predicted molar refractivity (Wildman–Crippen MR) is 66.0 cm³/mol. The maximum Gasteiger partial charge on any atom is 0.337 e. The third-order valence-electron chi connectivity index (χ3n) is 2.14. The summed E-state index contributed by atoms with van der Waals surface area (Å²) < 4.78 is 4.92. The van der Waals surface area contributed by atoms with Gasteiger partial charge in [0.1, 0.15) is 5.75 Å². The Balaban J connectivity index is 2.87. The summed E-state index contributed by atoms with van der Waals surface area (Å²) in [4.78, 5) is 22.4. The van der Waals surface area contributed by atoms with Crippen LogP contribution in [0.15, 0.2) is 18.2 Å². The minimum Gasteiger partial charge on any atom is -0.497 e. The van der Waals surface area contributed by atoms with Crippen LogP contribution in [0.25, 0.3) is 0 Å². The number of carboxylic acids is 1. The monoisotopic (exact) mass is 253 g/mol. The number of hydrogen-bond donors (Lipinski definition) is 4. The number of nitrogens with two attached hydrogens (primary N) is 1. The summed E-state index contributed by atoms with van der Waals surface area (Å²) in [5, 5.41) is 13.9. The Hall–Kier alpha value is -2.28. The van der Waals surface area contributed by atoms with Crippen LogP contribution in [0.3, 0.4) is 0 Å². The van der Waals surface area contributed by atoms with Crippen LogP contribution < -0.4 is 21.1 Å². The van der Waals surface area contributed by atoms with Crippen LogP contribution in [-0.2, 0) is 0 Å². The van der Waals surface area contributed by atoms with E-state index in [1.807, 2.05) is 0 Å². The van der Waals surface area contributed by atoms with E-state index in [4.69, 9.17) is 15.6 Å². The normalized spacial score (nSPS) is 9.67. The molecule has 1 rings (SSSR count). The first-order valence-electron chi connectivity index (χ1n) is 5.24. The zero-order valence-corrected chi connectivity index (χ0v) is 9.90. The van der Waals surface area contributed by atoms with E-state index in [0.29, 0.717) is 18.8 Å². The van der Waals surface area contributed by atoms with Crippen molar-refractivity contribution in [3.8, 4) is 5.75 Å². The van der Waals surface area contributed by atoms with Crippen molar-refractivity contribution >= 4 is 17.7 Å². The highest BCUT2D eigenvalue weighted by molar-refractivity contribution is 6.00. The quantitative estimate of drug-likeness (QED) is 0.609. The third-order valence-corrected chi connectivity index (χ3v) is 2.14. The SMILES string of the molecule is COc1ccc(NC(=O)NCCN)c(C(=O)O)c1. The van der Waals surface area contributed by atoms with Crippen LogP contribution in [0.2, 0.25) is 0 Å². The lowest BCUT2D eigenvalue weighted by Gasteiger charge is -2.10. The van der Waals surface area contributed by atoms with Crippen molar-refractivity contribution in [3.63, 3.8) is 0 Å². The van der Waals surface area contributed by atoms with E-state index in [-0.39, 0.29) is 11.3 Å². The molecule has 0 radical (unpaired) electrons. The third kappa shape index (κ3) is 3.63. The molecule has 0 saturated carbocycles. The number of ether oxygens (including phenoxy) is 1. The fraction of sp³-hybridized carbons (Fsp3) is 0.273. The number of carbonyl (C=O) groups excluding carboxylic acids is 1. The molecule has 0 spiro atoms. The standard InChI is InChI=1S/C11H15N3O4/c1-18-7-2-3-9(8(6-7)10(15)16)14-11(17)13-5-4-12/h2-3,6H,4-5,12H2,1H3,(H,15,16)(H2,13,14,17). The molecular weight excluding hydrogens is 238 g/mol. The van der Waals surface area contributed by atoms with Crippen LogP contribution in [0.5, 0.6) is 5.75 Å². The predicted octanol–water partition coefficient (Wildman–Crippen LogP) is 0.474. The zero-order chi connectivity index (χ0) is 13.5. The molecule has 0 heterocycles. The van der Waals surface area contributed by atoms with Crippen molar-refractivity contribution in [1.82, 2.24) is 5.32 Å². The molecule has 0 atom stereocenters. The molecule has 7 heteroatoms. The second kappa shape index (κ2) is 6.45. The van der Waals surface area contributed by atoms with Gasteiger partial charge in [0, 0.05) is 13.1 Å². The molecule has 0 aromatic heterocycles. The van der Waals surface area contributed by atoms with Gasteiger partial charge in [-0.25, -0.2) is 9.59 Å². The molecule has 0 aliphatic heterocycles. The number of amides is 2. The summed E-state index contributed by atoms with van der Waals surface area (Å²) in [6.07, 6.45) is 0. The molecular formula is C11H15N3O4. The van der Waals surface area contributed by atoms with Gasteiger partial charge in [-0.1, -0.05) is 0 Å². The molecule has 98 valence electrons. The van der Waals surface area contributed by atoms with E-state index in [1.165, 1.54) is 19.2 Å². The zero-order valence-electron chi connectivity index (χ0n) is 9.90. The number of nitrogens with one attached hydrogen (secondary N) is 2. The van der Waals surface area contributed by atoms with Gasteiger partial charge in [-0.3, -0.25) is 0 Å². The molecule has 0 saturated heterocycles. The first-order chi connectivity index (χ1) is 8.58. The molecule has 0 aliphatic rings. The van der Waals surface area contributed by atoms with Gasteiger partial charge in [0.05, 0.1) is 18.4 Å². The minimum atomic E-state index is -1.15. The number of rotatable bonds is 5. The Morgan fingerprint density at radius 2 is 2.17 bits per heavy atom. The Morgan fingerprint density at radius 1 is 1.44 bits per heavy atom. The fourth-order valence-corrected chi connectivity index (χ4v) is 1.29. The Bertz CT molecular complexity index is 448. The first-order valence-corrected chi connectivity index (χ1v) is 5.24. The summed E-state index contributed by atoms with van der Waals surface area (Å²) >= 11 is 0. The molecule has 5 N–H and O–H groups in total. The van der Waals surface area contributed by atoms with Crippen molar-refractivity contribution in [2.24, 2.45) is 5.73 Å². The van der Waals surface area contributed by atoms with E-state index >= 15 is 0 Å². The largest absolute Gasteiger partial charge is 0.497 e. The topological polar surface area (TPSA) is 114 Å². The average Bonchev–Trinajstić information content (AvgIpc) is 2.36. The summed E-state index contributed by atoms with van der Waals surface area (Å²) in [6.45, 7) is 0.617. The highest BCUT2D eigenvalue weighted by Gasteiger charge is 2.13. The highest BCUT2D eigenvalue weighted by Crippen LogP contribution is 2.21. The van der Waals surface area contributed by atoms with E-state index in [2.05, 4.69) is 10.6 Å². The van der Waals surface area contributed by atoms with Crippen LogP contribution >= 0.6 is 0 Å². The first kappa shape index (κ1) is 13.8. The lowest BCUT2D eigenvalue weighted by molar-refractivity contribution is 0.0697. The van der Waals surface area contributed by atoms with Gasteiger partial charge in [0.25, 0.3) is 0 Å². The van der Waals surface area contributed by atoms with Gasteiger partial charge in [-0.15, -0.1) is 0 Å². The summed E-state index contributed by atoms with van der Waals surface area (Å²) in [7, 11) is 1.43. The maximum absolute atomic E-state index is 11.4. The molecule has 0 unspecified atom stereocenters. The smallest absolute Gasteiger partial charge is 0.337 e. The molecule has 2 amide bonds. The summed E-state index contributed by atoms with van der Waals surface area (Å²) in [5.74, 6) is -0.747. The van der Waals surface area contributed by atoms with Gasteiger partial charge in [-0.05, 0) is 18.2 Å². The summed E-state index contributed by atoms with van der Waals surface area (Å²) in [5.41, 5.74) is 5.38. The summed E-state index contributed by atoms with van der Waals surface area (Å²) in [6, 6.07) is 3.85. The Labute approximate surface area is 104 Å². The van der Waals surface area contributed by atoms with E-state index in [1.54, 1.807) is 6.07 Å². The molecule has 0 aliphatic carbocycles. The molecule has 1 aromatic rings. The number of anilines is 1. The van der Waals surface area contributed by atoms with Crippen LogP contribution in [0.1, 0.15) is 10.4 Å². The van der Waals surface area contributed by atoms with Gasteiger partial charge >= 0.3 is 12.0 Å². The van der Waals surface area contributed by atoms with Crippen LogP contribution in [0.4, 0.5) is 10.5 Å². The lowest BCUT2D eigenvalue weighted by atomic mass is 10.1. The van der Waals surface area contributed by atoms with Crippen molar-refractivity contribution in [1.29, 1.82) is 0 Å². The number of methoxy groups -OCH3 is 1. The number of carboxylic acid groups (broad SMARTS) is 1. The van der Waals surface area contributed by atoms with Crippen LogP contribution in [0, 0.1) is 0 Å². The minimum absolute atomic E-state index is 0.0442. The van der Waals surface area contributed by atoms with E-state index in [9.17, 15) is 9.59 Å². The number of benzene rings is 1. The molecule has 18 heavy (non-hydrogen) atoms. The molecule has 0 fully saturated rings. The van der Waals surface area contributed by atoms with Crippen LogP contribution in [-0.4, -0.2) is 37.3 Å². The number of urea groups is 1. The molecule has 1 aromatic carbocycles. The Morgan fingerprint density at radius 3 is 2.72 bits per heavy atom. The molecule has 7 nitrogen and oxygen atoms in total. The van der Waals surface area contributed by atoms with Crippen molar-refractivity contribution < 1.29 is 19.4 Å². The average molecular weight is 253 g/mol. The number of hydrogen-bond acceptors (Lipinski definition) is 4. The number of aromatic carboxylic acids is 1. The molecule has 0 bridgehead atoms. The second-order valence-corrected chi connectivity index (χ2v) is 3.39. The highest BCUT2D eigenvalue weighted by atomic mass is 16.5. The van der Waals surface area contributed by atoms with Gasteiger partial charge < -0.3 is 26.2 Å². The van der Waals surface area contributed by atoms with Crippen molar-refractivity contribution in [3.05, 3.63) is 23.8 Å². The van der Waals surface area contributed by atoms with Crippen molar-refractivity contribution in [2.75, 3.05) is 25.5 Å². The van der Waals surface area contributed by atoms with Gasteiger partial charge in [-0.2, -0.15) is 0 Å². The van der Waals surface area contributed by atoms with E-state index < -0.39 is 12.0 Å². The lowest BCUT2D eigenvalue weighted by Crippen LogP contribution is -2.33. The maximum atomic E-state index is 11.4. The fourth-order valence-electron chi connectivity index (χ4n) is 1.29. The number of carbonyl (C=O) groups is 2.